The first-order chi connectivity index (χ1) is 12.0. The SMILES string of the molecule is COc1nc2cc(C)c(C)cc2nc1C(=O)NCc1ccccc1Cl. The predicted molar refractivity (Wildman–Crippen MR) is 98.2 cm³/mol. The van der Waals surface area contributed by atoms with Crippen LogP contribution in [0.1, 0.15) is 27.2 Å². The Balaban J connectivity index is 1.92. The standard InChI is InChI=1S/C19H18ClN3O2/c1-11-8-15-16(9-12(11)2)23-19(25-3)17(22-15)18(24)21-10-13-6-4-5-7-14(13)20/h4-9H,10H2,1-3H3,(H,21,24). The molecule has 0 aliphatic heterocycles. The normalized spacial score (nSPS) is 10.7. The van der Waals surface area contributed by atoms with Crippen LogP contribution in [0.5, 0.6) is 5.88 Å². The van der Waals surface area contributed by atoms with Crippen LogP contribution in [0.2, 0.25) is 5.02 Å². The van der Waals surface area contributed by atoms with Crippen LogP contribution in [0.4, 0.5) is 0 Å². The van der Waals surface area contributed by atoms with E-state index in [1.807, 2.05) is 44.2 Å². The van der Waals surface area contributed by atoms with Crippen molar-refractivity contribution in [1.82, 2.24) is 15.3 Å². The molecule has 0 fully saturated rings. The van der Waals surface area contributed by atoms with E-state index in [2.05, 4.69) is 15.3 Å². The molecule has 1 N–H and O–H groups in total. The first kappa shape index (κ1) is 17.2. The van der Waals surface area contributed by atoms with Gasteiger partial charge >= 0.3 is 0 Å². The van der Waals surface area contributed by atoms with E-state index in [1.165, 1.54) is 7.11 Å². The summed E-state index contributed by atoms with van der Waals surface area (Å²) in [5.74, 6) is -0.156. The lowest BCUT2D eigenvalue weighted by atomic mass is 10.1. The molecule has 0 aliphatic rings. The highest BCUT2D eigenvalue weighted by molar-refractivity contribution is 6.31. The zero-order chi connectivity index (χ0) is 18.0. The summed E-state index contributed by atoms with van der Waals surface area (Å²) < 4.78 is 5.26. The van der Waals surface area contributed by atoms with Crippen LogP contribution in [-0.4, -0.2) is 23.0 Å². The highest BCUT2D eigenvalue weighted by atomic mass is 35.5. The maximum absolute atomic E-state index is 12.6. The first-order valence-electron chi connectivity index (χ1n) is 7.84. The number of aromatic nitrogens is 2. The van der Waals surface area contributed by atoms with Gasteiger partial charge in [-0.1, -0.05) is 29.8 Å². The Kier molecular flexibility index (Phi) is 4.86. The van der Waals surface area contributed by atoms with Crippen molar-refractivity contribution in [2.75, 3.05) is 7.11 Å². The summed E-state index contributed by atoms with van der Waals surface area (Å²) in [6.07, 6.45) is 0. The van der Waals surface area contributed by atoms with Crippen LogP contribution < -0.4 is 10.1 Å². The predicted octanol–water partition coefficient (Wildman–Crippen LogP) is 3.84. The third-order valence-electron chi connectivity index (χ3n) is 4.05. The molecule has 0 unspecified atom stereocenters. The summed E-state index contributed by atoms with van der Waals surface area (Å²) >= 11 is 6.12. The third kappa shape index (κ3) is 3.56. The number of amides is 1. The number of benzene rings is 2. The van der Waals surface area contributed by atoms with Crippen LogP contribution in [0.3, 0.4) is 0 Å². The van der Waals surface area contributed by atoms with Gasteiger partial charge in [0.1, 0.15) is 0 Å². The monoisotopic (exact) mass is 355 g/mol. The number of hydrogen-bond acceptors (Lipinski definition) is 4. The summed E-state index contributed by atoms with van der Waals surface area (Å²) in [7, 11) is 1.47. The summed E-state index contributed by atoms with van der Waals surface area (Å²) in [6.45, 7) is 4.30. The highest BCUT2D eigenvalue weighted by Crippen LogP contribution is 2.22. The molecular weight excluding hydrogens is 338 g/mol. The molecule has 0 saturated heterocycles. The number of hydrogen-bond donors (Lipinski definition) is 1. The number of nitrogens with zero attached hydrogens (tertiary/aromatic N) is 2. The second-order valence-electron chi connectivity index (χ2n) is 5.78. The molecule has 0 aliphatic carbocycles. The van der Waals surface area contributed by atoms with E-state index in [4.69, 9.17) is 16.3 Å². The first-order valence-corrected chi connectivity index (χ1v) is 8.22. The van der Waals surface area contributed by atoms with Crippen molar-refractivity contribution in [3.05, 3.63) is 63.8 Å². The molecule has 0 saturated carbocycles. The number of halogens is 1. The Morgan fingerprint density at radius 1 is 1.12 bits per heavy atom. The van der Waals surface area contributed by atoms with Gasteiger partial charge in [0.25, 0.3) is 5.91 Å². The van der Waals surface area contributed by atoms with Crippen LogP contribution >= 0.6 is 11.6 Å². The average Bonchev–Trinajstić information content (AvgIpc) is 2.61. The fourth-order valence-corrected chi connectivity index (χ4v) is 2.69. The molecule has 2 aromatic carbocycles. The number of carbonyl (C=O) groups is 1. The van der Waals surface area contributed by atoms with Crippen molar-refractivity contribution >= 4 is 28.5 Å². The van der Waals surface area contributed by atoms with Crippen molar-refractivity contribution in [1.29, 1.82) is 0 Å². The molecule has 25 heavy (non-hydrogen) atoms. The zero-order valence-corrected chi connectivity index (χ0v) is 15.0. The number of aryl methyl sites for hydroxylation is 2. The second-order valence-corrected chi connectivity index (χ2v) is 6.19. The van der Waals surface area contributed by atoms with E-state index in [0.29, 0.717) is 22.6 Å². The molecule has 6 heteroatoms. The van der Waals surface area contributed by atoms with E-state index in [1.54, 1.807) is 6.07 Å². The van der Waals surface area contributed by atoms with E-state index in [0.717, 1.165) is 16.7 Å². The summed E-state index contributed by atoms with van der Waals surface area (Å²) in [5, 5.41) is 3.42. The van der Waals surface area contributed by atoms with E-state index >= 15 is 0 Å². The highest BCUT2D eigenvalue weighted by Gasteiger charge is 2.18. The van der Waals surface area contributed by atoms with Crippen LogP contribution in [-0.2, 0) is 6.54 Å². The molecule has 128 valence electrons. The number of fused-ring (bicyclic) bond motifs is 1. The molecule has 3 rings (SSSR count). The average molecular weight is 356 g/mol. The Bertz CT molecular complexity index is 957. The molecule has 0 bridgehead atoms. The fourth-order valence-electron chi connectivity index (χ4n) is 2.49. The van der Waals surface area contributed by atoms with Crippen LogP contribution in [0.25, 0.3) is 11.0 Å². The molecule has 1 amide bonds. The van der Waals surface area contributed by atoms with Gasteiger partial charge in [0.2, 0.25) is 5.88 Å². The quantitative estimate of drug-likeness (QED) is 0.772. The minimum Gasteiger partial charge on any atom is -0.479 e. The van der Waals surface area contributed by atoms with Crippen molar-refractivity contribution in [3.8, 4) is 5.88 Å². The van der Waals surface area contributed by atoms with Crippen molar-refractivity contribution in [3.63, 3.8) is 0 Å². The van der Waals surface area contributed by atoms with Gasteiger partial charge in [-0.25, -0.2) is 9.97 Å². The van der Waals surface area contributed by atoms with Crippen LogP contribution in [0, 0.1) is 13.8 Å². The van der Waals surface area contributed by atoms with Crippen molar-refractivity contribution in [2.24, 2.45) is 0 Å². The largest absolute Gasteiger partial charge is 0.479 e. The minimum atomic E-state index is -0.357. The molecule has 3 aromatic rings. The Labute approximate surface area is 151 Å². The van der Waals surface area contributed by atoms with E-state index in [9.17, 15) is 4.79 Å². The van der Waals surface area contributed by atoms with E-state index < -0.39 is 0 Å². The minimum absolute atomic E-state index is 0.158. The molecular formula is C19H18ClN3O2. The maximum Gasteiger partial charge on any atom is 0.275 e. The zero-order valence-electron chi connectivity index (χ0n) is 14.3. The third-order valence-corrected chi connectivity index (χ3v) is 4.42. The van der Waals surface area contributed by atoms with Gasteiger partial charge in [-0.3, -0.25) is 4.79 Å². The topological polar surface area (TPSA) is 64.1 Å². The molecule has 0 spiro atoms. The lowest BCUT2D eigenvalue weighted by Crippen LogP contribution is -2.25. The van der Waals surface area contributed by atoms with Gasteiger partial charge in [0.15, 0.2) is 5.69 Å². The van der Waals surface area contributed by atoms with Gasteiger partial charge in [0, 0.05) is 11.6 Å². The fraction of sp³-hybridized carbons (Fsp3) is 0.211. The number of methoxy groups -OCH3 is 1. The van der Waals surface area contributed by atoms with E-state index in [-0.39, 0.29) is 17.5 Å². The molecule has 1 aromatic heterocycles. The van der Waals surface area contributed by atoms with Gasteiger partial charge in [-0.05, 0) is 48.7 Å². The lowest BCUT2D eigenvalue weighted by molar-refractivity contribution is 0.0942. The smallest absolute Gasteiger partial charge is 0.275 e. The summed E-state index contributed by atoms with van der Waals surface area (Å²) in [6, 6.07) is 11.2. The molecule has 0 atom stereocenters. The number of rotatable bonds is 4. The van der Waals surface area contributed by atoms with Crippen LogP contribution in [0.15, 0.2) is 36.4 Å². The summed E-state index contributed by atoms with van der Waals surface area (Å²) in [4.78, 5) is 21.4. The van der Waals surface area contributed by atoms with Crippen molar-refractivity contribution in [2.45, 2.75) is 20.4 Å². The van der Waals surface area contributed by atoms with Gasteiger partial charge in [-0.2, -0.15) is 0 Å². The Morgan fingerprint density at radius 2 is 1.76 bits per heavy atom. The second kappa shape index (κ2) is 7.07. The lowest BCUT2D eigenvalue weighted by Gasteiger charge is -2.11. The van der Waals surface area contributed by atoms with Gasteiger partial charge < -0.3 is 10.1 Å². The molecule has 1 heterocycles. The Hall–Kier alpha value is -2.66. The summed E-state index contributed by atoms with van der Waals surface area (Å²) in [5.41, 5.74) is 4.55. The van der Waals surface area contributed by atoms with Crippen molar-refractivity contribution < 1.29 is 9.53 Å². The molecule has 0 radical (unpaired) electrons. The van der Waals surface area contributed by atoms with Gasteiger partial charge in [-0.15, -0.1) is 0 Å². The maximum atomic E-state index is 12.6. The van der Waals surface area contributed by atoms with Gasteiger partial charge in [0.05, 0.1) is 18.1 Å². The Morgan fingerprint density at radius 3 is 2.40 bits per heavy atom. The number of ether oxygens (including phenoxy) is 1. The number of nitrogens with one attached hydrogen (secondary N) is 1. The number of carbonyl (C=O) groups excluding carboxylic acids is 1. The molecule has 5 nitrogen and oxygen atoms in total.